The standard InChI is InChI=1S/C14H24N2O/c1-3-14(4-2)5-6-16(11-14)9-13-7-12(8-15)10-17-13/h7,10H,3-6,8-9,11,15H2,1-2H3. The number of hydrogen-bond donors (Lipinski definition) is 1. The van der Waals surface area contributed by atoms with E-state index >= 15 is 0 Å². The molecule has 0 unspecified atom stereocenters. The van der Waals surface area contributed by atoms with Crippen LogP contribution in [0.15, 0.2) is 16.7 Å². The highest BCUT2D eigenvalue weighted by atomic mass is 16.3. The highest BCUT2D eigenvalue weighted by Gasteiger charge is 2.34. The second kappa shape index (κ2) is 5.23. The zero-order valence-electron chi connectivity index (χ0n) is 11.0. The summed E-state index contributed by atoms with van der Waals surface area (Å²) in [5.41, 5.74) is 7.22. The number of nitrogens with zero attached hydrogens (tertiary/aromatic N) is 1. The summed E-state index contributed by atoms with van der Waals surface area (Å²) >= 11 is 0. The molecule has 0 radical (unpaired) electrons. The maximum atomic E-state index is 5.58. The van der Waals surface area contributed by atoms with Gasteiger partial charge in [0.15, 0.2) is 0 Å². The molecule has 96 valence electrons. The van der Waals surface area contributed by atoms with Crippen LogP contribution in [0.5, 0.6) is 0 Å². The zero-order chi connectivity index (χ0) is 12.3. The van der Waals surface area contributed by atoms with E-state index in [1.807, 2.05) is 0 Å². The van der Waals surface area contributed by atoms with E-state index in [9.17, 15) is 0 Å². The molecule has 1 fully saturated rings. The normalized spacial score (nSPS) is 19.9. The Labute approximate surface area is 104 Å². The van der Waals surface area contributed by atoms with Crippen molar-refractivity contribution in [1.29, 1.82) is 0 Å². The Hall–Kier alpha value is -0.800. The minimum Gasteiger partial charge on any atom is -0.468 e. The molecule has 1 aromatic heterocycles. The first kappa shape index (κ1) is 12.7. The van der Waals surface area contributed by atoms with Crippen molar-refractivity contribution in [2.24, 2.45) is 11.1 Å². The van der Waals surface area contributed by atoms with Crippen molar-refractivity contribution in [3.63, 3.8) is 0 Å². The molecule has 1 saturated heterocycles. The first-order chi connectivity index (χ1) is 8.21. The number of rotatable bonds is 5. The molecule has 0 aromatic carbocycles. The van der Waals surface area contributed by atoms with Gasteiger partial charge >= 0.3 is 0 Å². The van der Waals surface area contributed by atoms with Crippen molar-refractivity contribution in [2.45, 2.75) is 46.2 Å². The molecule has 0 spiro atoms. The van der Waals surface area contributed by atoms with E-state index in [1.54, 1.807) is 6.26 Å². The largest absolute Gasteiger partial charge is 0.468 e. The fourth-order valence-corrected chi connectivity index (χ4v) is 2.83. The number of likely N-dealkylation sites (tertiary alicyclic amines) is 1. The van der Waals surface area contributed by atoms with Gasteiger partial charge in [0, 0.05) is 18.7 Å². The molecule has 2 N–H and O–H groups in total. The topological polar surface area (TPSA) is 42.4 Å². The average Bonchev–Trinajstić information content (AvgIpc) is 2.97. The lowest BCUT2D eigenvalue weighted by molar-refractivity contribution is 0.226. The van der Waals surface area contributed by atoms with Gasteiger partial charge in [0.05, 0.1) is 12.8 Å². The molecule has 0 bridgehead atoms. The minimum absolute atomic E-state index is 0.545. The summed E-state index contributed by atoms with van der Waals surface area (Å²) in [5.74, 6) is 1.05. The molecule has 1 aliphatic rings. The van der Waals surface area contributed by atoms with Gasteiger partial charge < -0.3 is 10.2 Å². The van der Waals surface area contributed by atoms with Gasteiger partial charge in [-0.1, -0.05) is 13.8 Å². The summed E-state index contributed by atoms with van der Waals surface area (Å²) in [4.78, 5) is 2.51. The molecule has 0 amide bonds. The second-order valence-corrected chi connectivity index (χ2v) is 5.29. The van der Waals surface area contributed by atoms with Crippen molar-refractivity contribution in [3.8, 4) is 0 Å². The van der Waals surface area contributed by atoms with Crippen LogP contribution in [-0.4, -0.2) is 18.0 Å². The van der Waals surface area contributed by atoms with E-state index < -0.39 is 0 Å². The molecule has 1 aliphatic heterocycles. The molecular formula is C14H24N2O. The molecule has 2 rings (SSSR count). The number of furan rings is 1. The third-order valence-electron chi connectivity index (χ3n) is 4.34. The lowest BCUT2D eigenvalue weighted by Gasteiger charge is -2.26. The van der Waals surface area contributed by atoms with Gasteiger partial charge in [-0.25, -0.2) is 0 Å². The molecule has 2 heterocycles. The predicted molar refractivity (Wildman–Crippen MR) is 69.5 cm³/mol. The van der Waals surface area contributed by atoms with E-state index in [2.05, 4.69) is 24.8 Å². The zero-order valence-corrected chi connectivity index (χ0v) is 11.0. The Morgan fingerprint density at radius 1 is 1.41 bits per heavy atom. The van der Waals surface area contributed by atoms with Crippen LogP contribution < -0.4 is 5.73 Å². The lowest BCUT2D eigenvalue weighted by atomic mass is 9.82. The molecule has 17 heavy (non-hydrogen) atoms. The van der Waals surface area contributed by atoms with Crippen LogP contribution in [0.25, 0.3) is 0 Å². The number of hydrogen-bond acceptors (Lipinski definition) is 3. The van der Waals surface area contributed by atoms with Crippen molar-refractivity contribution >= 4 is 0 Å². The van der Waals surface area contributed by atoms with E-state index in [0.29, 0.717) is 12.0 Å². The molecule has 0 atom stereocenters. The van der Waals surface area contributed by atoms with E-state index in [-0.39, 0.29) is 0 Å². The number of nitrogens with two attached hydrogens (primary N) is 1. The van der Waals surface area contributed by atoms with Gasteiger partial charge in [-0.05, 0) is 37.3 Å². The third-order valence-corrected chi connectivity index (χ3v) is 4.34. The summed E-state index contributed by atoms with van der Waals surface area (Å²) in [7, 11) is 0. The third kappa shape index (κ3) is 2.72. The summed E-state index contributed by atoms with van der Waals surface area (Å²) in [6.45, 7) is 8.52. The lowest BCUT2D eigenvalue weighted by Crippen LogP contribution is -2.25. The Balaban J connectivity index is 1.93. The SMILES string of the molecule is CCC1(CC)CCN(Cc2cc(CN)co2)C1. The quantitative estimate of drug-likeness (QED) is 0.854. The highest BCUT2D eigenvalue weighted by molar-refractivity contribution is 5.12. The van der Waals surface area contributed by atoms with Crippen molar-refractivity contribution in [3.05, 3.63) is 23.7 Å². The molecule has 3 heteroatoms. The van der Waals surface area contributed by atoms with Crippen LogP contribution >= 0.6 is 0 Å². The Kier molecular flexibility index (Phi) is 3.89. The van der Waals surface area contributed by atoms with Crippen LogP contribution in [-0.2, 0) is 13.1 Å². The van der Waals surface area contributed by atoms with Gasteiger partial charge in [-0.2, -0.15) is 0 Å². The van der Waals surface area contributed by atoms with E-state index in [4.69, 9.17) is 10.2 Å². The van der Waals surface area contributed by atoms with E-state index in [1.165, 1.54) is 32.4 Å². The first-order valence-electron chi connectivity index (χ1n) is 6.70. The molecule has 0 saturated carbocycles. The van der Waals surface area contributed by atoms with Crippen LogP contribution in [0.3, 0.4) is 0 Å². The van der Waals surface area contributed by atoms with E-state index in [0.717, 1.165) is 17.9 Å². The first-order valence-corrected chi connectivity index (χ1v) is 6.70. The molecule has 0 aliphatic carbocycles. The van der Waals surface area contributed by atoms with Gasteiger partial charge in [-0.3, -0.25) is 4.90 Å². The fraction of sp³-hybridized carbons (Fsp3) is 0.714. The summed E-state index contributed by atoms with van der Waals surface area (Å²) in [6, 6.07) is 2.08. The van der Waals surface area contributed by atoms with Crippen LogP contribution in [0.4, 0.5) is 0 Å². The van der Waals surface area contributed by atoms with Crippen LogP contribution in [0.2, 0.25) is 0 Å². The molecule has 3 nitrogen and oxygen atoms in total. The maximum absolute atomic E-state index is 5.58. The maximum Gasteiger partial charge on any atom is 0.118 e. The van der Waals surface area contributed by atoms with Crippen LogP contribution in [0.1, 0.15) is 44.4 Å². The fourth-order valence-electron chi connectivity index (χ4n) is 2.83. The van der Waals surface area contributed by atoms with Crippen molar-refractivity contribution in [1.82, 2.24) is 4.90 Å². The monoisotopic (exact) mass is 236 g/mol. The summed E-state index contributed by atoms with van der Waals surface area (Å²) in [6.07, 6.45) is 5.67. The van der Waals surface area contributed by atoms with Gasteiger partial charge in [0.25, 0.3) is 0 Å². The molecular weight excluding hydrogens is 212 g/mol. The highest BCUT2D eigenvalue weighted by Crippen LogP contribution is 2.37. The van der Waals surface area contributed by atoms with Gasteiger partial charge in [-0.15, -0.1) is 0 Å². The van der Waals surface area contributed by atoms with Crippen LogP contribution in [0, 0.1) is 5.41 Å². The average molecular weight is 236 g/mol. The smallest absolute Gasteiger partial charge is 0.118 e. The van der Waals surface area contributed by atoms with Gasteiger partial charge in [0.1, 0.15) is 5.76 Å². The van der Waals surface area contributed by atoms with Gasteiger partial charge in [0.2, 0.25) is 0 Å². The minimum atomic E-state index is 0.545. The summed E-state index contributed by atoms with van der Waals surface area (Å²) < 4.78 is 5.53. The predicted octanol–water partition coefficient (Wildman–Crippen LogP) is 2.75. The Morgan fingerprint density at radius 3 is 2.71 bits per heavy atom. The second-order valence-electron chi connectivity index (χ2n) is 5.29. The Bertz CT molecular complexity index is 355. The van der Waals surface area contributed by atoms with Crippen molar-refractivity contribution in [2.75, 3.05) is 13.1 Å². The Morgan fingerprint density at radius 2 is 2.18 bits per heavy atom. The summed E-state index contributed by atoms with van der Waals surface area (Å²) in [5, 5.41) is 0. The molecule has 1 aromatic rings. The van der Waals surface area contributed by atoms with Crippen molar-refractivity contribution < 1.29 is 4.42 Å².